The van der Waals surface area contributed by atoms with E-state index in [0.717, 1.165) is 5.56 Å². The summed E-state index contributed by atoms with van der Waals surface area (Å²) < 4.78 is 16.9. The van der Waals surface area contributed by atoms with Crippen LogP contribution in [-0.2, 0) is 15.0 Å². The molecule has 4 rings (SSSR count). The highest BCUT2D eigenvalue weighted by Gasteiger charge is 2.47. The van der Waals surface area contributed by atoms with Gasteiger partial charge in [-0.05, 0) is 86.3 Å². The van der Waals surface area contributed by atoms with E-state index in [9.17, 15) is 14.7 Å². The molecule has 7 nitrogen and oxygen atoms in total. The lowest BCUT2D eigenvalue weighted by Crippen LogP contribution is -2.29. The average molecular weight is 544 g/mol. The van der Waals surface area contributed by atoms with Crippen LogP contribution in [-0.4, -0.2) is 36.6 Å². The standard InChI is InChI=1S/C33H37NO6/c1-8-39-24-16-12-23(13-17-24)34-29(21-9-14-25(15-10-21)40-20(2)3)28(31(36)32(34)37)30(35)22-11-18-27(38-7)26(19-22)33(4,5)6/h9-20,29,35H,8H2,1-7H3/b30-28-. The normalized spacial score (nSPS) is 16.9. The van der Waals surface area contributed by atoms with Gasteiger partial charge in [-0.2, -0.15) is 0 Å². The molecule has 0 aliphatic carbocycles. The van der Waals surface area contributed by atoms with Crippen LogP contribution in [0.2, 0.25) is 0 Å². The molecule has 40 heavy (non-hydrogen) atoms. The molecular weight excluding hydrogens is 506 g/mol. The van der Waals surface area contributed by atoms with E-state index in [1.807, 2.05) is 59.7 Å². The summed E-state index contributed by atoms with van der Waals surface area (Å²) in [5.74, 6) is 0.280. The maximum Gasteiger partial charge on any atom is 0.300 e. The van der Waals surface area contributed by atoms with Crippen LogP contribution in [0.1, 0.15) is 64.3 Å². The van der Waals surface area contributed by atoms with Gasteiger partial charge in [0.05, 0.1) is 31.4 Å². The Kier molecular flexibility index (Phi) is 8.24. The average Bonchev–Trinajstić information content (AvgIpc) is 3.18. The molecule has 1 aliphatic rings. The van der Waals surface area contributed by atoms with Gasteiger partial charge in [-0.3, -0.25) is 14.5 Å². The number of hydrogen-bond donors (Lipinski definition) is 1. The van der Waals surface area contributed by atoms with Crippen molar-refractivity contribution >= 4 is 23.1 Å². The first-order chi connectivity index (χ1) is 19.0. The summed E-state index contributed by atoms with van der Waals surface area (Å²) >= 11 is 0. The van der Waals surface area contributed by atoms with Crippen molar-refractivity contribution in [3.8, 4) is 17.2 Å². The van der Waals surface area contributed by atoms with Crippen LogP contribution in [0.25, 0.3) is 5.76 Å². The highest BCUT2D eigenvalue weighted by atomic mass is 16.5. The fraction of sp³-hybridized carbons (Fsp3) is 0.333. The number of methoxy groups -OCH3 is 1. The number of carbonyl (C=O) groups excluding carboxylic acids is 2. The lowest BCUT2D eigenvalue weighted by Gasteiger charge is -2.26. The van der Waals surface area contributed by atoms with Gasteiger partial charge in [0.2, 0.25) is 0 Å². The zero-order valence-electron chi connectivity index (χ0n) is 24.1. The van der Waals surface area contributed by atoms with E-state index in [1.165, 1.54) is 4.90 Å². The molecule has 1 atom stereocenters. The first-order valence-corrected chi connectivity index (χ1v) is 13.5. The van der Waals surface area contributed by atoms with Gasteiger partial charge in [0.15, 0.2) is 0 Å². The molecule has 1 N–H and O–H groups in total. The fourth-order valence-electron chi connectivity index (χ4n) is 4.88. The van der Waals surface area contributed by atoms with Crippen molar-refractivity contribution in [3.05, 3.63) is 89.0 Å². The lowest BCUT2D eigenvalue weighted by atomic mass is 9.84. The summed E-state index contributed by atoms with van der Waals surface area (Å²) in [6, 6.07) is 18.7. The number of amides is 1. The van der Waals surface area contributed by atoms with E-state index >= 15 is 0 Å². The van der Waals surface area contributed by atoms with Gasteiger partial charge >= 0.3 is 0 Å². The van der Waals surface area contributed by atoms with Crippen LogP contribution in [0.3, 0.4) is 0 Å². The van der Waals surface area contributed by atoms with Crippen LogP contribution in [0.4, 0.5) is 5.69 Å². The number of Topliss-reactive ketones (excluding diaryl/α,β-unsaturated/α-hetero) is 1. The second kappa shape index (κ2) is 11.5. The molecule has 1 unspecified atom stereocenters. The van der Waals surface area contributed by atoms with E-state index in [4.69, 9.17) is 14.2 Å². The van der Waals surface area contributed by atoms with Crippen molar-refractivity contribution in [2.24, 2.45) is 0 Å². The zero-order chi connectivity index (χ0) is 29.2. The number of nitrogens with zero attached hydrogens (tertiary/aromatic N) is 1. The number of aliphatic hydroxyl groups is 1. The minimum absolute atomic E-state index is 0.00701. The minimum atomic E-state index is -0.855. The van der Waals surface area contributed by atoms with Gasteiger partial charge in [-0.1, -0.05) is 32.9 Å². The van der Waals surface area contributed by atoms with Crippen molar-refractivity contribution in [3.63, 3.8) is 0 Å². The molecule has 0 aromatic heterocycles. The van der Waals surface area contributed by atoms with Crippen LogP contribution in [0.15, 0.2) is 72.3 Å². The third kappa shape index (κ3) is 5.69. The Morgan fingerprint density at radius 2 is 1.57 bits per heavy atom. The quantitative estimate of drug-likeness (QED) is 0.191. The molecular formula is C33H37NO6. The Hall–Kier alpha value is -4.26. The Morgan fingerprint density at radius 1 is 0.950 bits per heavy atom. The predicted octanol–water partition coefficient (Wildman–Crippen LogP) is 6.80. The van der Waals surface area contributed by atoms with Crippen molar-refractivity contribution < 1.29 is 28.9 Å². The van der Waals surface area contributed by atoms with Gasteiger partial charge in [-0.15, -0.1) is 0 Å². The monoisotopic (exact) mass is 543 g/mol. The second-order valence-corrected chi connectivity index (χ2v) is 11.0. The Bertz CT molecular complexity index is 1410. The summed E-state index contributed by atoms with van der Waals surface area (Å²) in [6.45, 7) is 12.4. The molecule has 1 saturated heterocycles. The highest BCUT2D eigenvalue weighted by molar-refractivity contribution is 6.51. The lowest BCUT2D eigenvalue weighted by molar-refractivity contribution is -0.132. The Balaban J connectivity index is 1.90. The van der Waals surface area contributed by atoms with Crippen molar-refractivity contribution in [2.75, 3.05) is 18.6 Å². The van der Waals surface area contributed by atoms with Crippen LogP contribution in [0.5, 0.6) is 17.2 Å². The third-order valence-corrected chi connectivity index (χ3v) is 6.72. The first-order valence-electron chi connectivity index (χ1n) is 13.5. The molecule has 1 amide bonds. The summed E-state index contributed by atoms with van der Waals surface area (Å²) in [6.07, 6.45) is -0.00701. The van der Waals surface area contributed by atoms with Crippen LogP contribution < -0.4 is 19.1 Å². The molecule has 1 aliphatic heterocycles. The molecule has 0 bridgehead atoms. The maximum atomic E-state index is 13.6. The highest BCUT2D eigenvalue weighted by Crippen LogP contribution is 2.43. The molecule has 1 fully saturated rings. The van der Waals surface area contributed by atoms with E-state index in [1.54, 1.807) is 55.6 Å². The van der Waals surface area contributed by atoms with Gasteiger partial charge in [0, 0.05) is 16.8 Å². The van der Waals surface area contributed by atoms with Crippen LogP contribution >= 0.6 is 0 Å². The van der Waals surface area contributed by atoms with Gasteiger partial charge in [0.25, 0.3) is 11.7 Å². The van der Waals surface area contributed by atoms with E-state index in [2.05, 4.69) is 0 Å². The predicted molar refractivity (Wildman–Crippen MR) is 156 cm³/mol. The summed E-state index contributed by atoms with van der Waals surface area (Å²) in [5.41, 5.74) is 2.20. The number of ether oxygens (including phenoxy) is 3. The number of aliphatic hydroxyl groups excluding tert-OH is 1. The smallest absolute Gasteiger partial charge is 0.300 e. The number of anilines is 1. The first kappa shape index (κ1) is 28.7. The fourth-order valence-corrected chi connectivity index (χ4v) is 4.88. The summed E-state index contributed by atoms with van der Waals surface area (Å²) in [4.78, 5) is 28.6. The van der Waals surface area contributed by atoms with Crippen molar-refractivity contribution in [1.82, 2.24) is 0 Å². The van der Waals surface area contributed by atoms with Crippen LogP contribution in [0, 0.1) is 0 Å². The van der Waals surface area contributed by atoms with Crippen molar-refractivity contribution in [1.29, 1.82) is 0 Å². The largest absolute Gasteiger partial charge is 0.507 e. The SMILES string of the molecule is CCOc1ccc(N2C(=O)C(=O)/C(=C(\O)c3ccc(OC)c(C(C)(C)C)c3)C2c2ccc(OC(C)C)cc2)cc1. The number of ketones is 1. The maximum absolute atomic E-state index is 13.6. The Labute approximate surface area is 236 Å². The third-order valence-electron chi connectivity index (χ3n) is 6.72. The molecule has 210 valence electrons. The van der Waals surface area contributed by atoms with Gasteiger partial charge in [-0.25, -0.2) is 0 Å². The number of benzene rings is 3. The topological polar surface area (TPSA) is 85.3 Å². The molecule has 0 spiro atoms. The second-order valence-electron chi connectivity index (χ2n) is 11.0. The number of hydrogen-bond acceptors (Lipinski definition) is 6. The van der Waals surface area contributed by atoms with Crippen molar-refractivity contribution in [2.45, 2.75) is 59.1 Å². The van der Waals surface area contributed by atoms with Gasteiger partial charge in [0.1, 0.15) is 23.0 Å². The van der Waals surface area contributed by atoms with E-state index in [0.29, 0.717) is 40.7 Å². The van der Waals surface area contributed by atoms with E-state index < -0.39 is 17.7 Å². The summed E-state index contributed by atoms with van der Waals surface area (Å²) in [7, 11) is 1.60. The molecule has 3 aromatic rings. The zero-order valence-corrected chi connectivity index (χ0v) is 24.1. The Morgan fingerprint density at radius 3 is 2.12 bits per heavy atom. The van der Waals surface area contributed by atoms with E-state index in [-0.39, 0.29) is 22.9 Å². The molecule has 7 heteroatoms. The molecule has 1 heterocycles. The van der Waals surface area contributed by atoms with Gasteiger partial charge < -0.3 is 19.3 Å². The molecule has 0 saturated carbocycles. The number of rotatable bonds is 8. The number of carbonyl (C=O) groups is 2. The molecule has 3 aromatic carbocycles. The molecule has 0 radical (unpaired) electrons. The minimum Gasteiger partial charge on any atom is -0.507 e. The summed E-state index contributed by atoms with van der Waals surface area (Å²) in [5, 5.41) is 11.6.